The van der Waals surface area contributed by atoms with Gasteiger partial charge in [-0.15, -0.1) is 0 Å². The van der Waals surface area contributed by atoms with Gasteiger partial charge in [0, 0.05) is 17.3 Å². The van der Waals surface area contributed by atoms with Crippen LogP contribution in [0.1, 0.15) is 86.8 Å². The fourth-order valence-electron chi connectivity index (χ4n) is 4.22. The minimum atomic E-state index is 0.163. The molecule has 0 heterocycles. The molecular formula is C29H43NO3. The third-order valence-corrected chi connectivity index (χ3v) is 6.49. The van der Waals surface area contributed by atoms with Crippen molar-refractivity contribution in [1.29, 1.82) is 0 Å². The van der Waals surface area contributed by atoms with Gasteiger partial charge in [0.1, 0.15) is 5.75 Å². The number of anilines is 1. The number of aryl methyl sites for hydroxylation is 2. The maximum atomic E-state index is 11.2. The maximum absolute atomic E-state index is 11.2. The summed E-state index contributed by atoms with van der Waals surface area (Å²) in [6.07, 6.45) is 8.95. The Hall–Kier alpha value is -2.62. The van der Waals surface area contributed by atoms with Gasteiger partial charge >= 0.3 is 0 Å². The topological polar surface area (TPSA) is 55.4 Å². The van der Waals surface area contributed by atoms with Gasteiger partial charge in [-0.3, -0.25) is 9.59 Å². The van der Waals surface area contributed by atoms with Crippen LogP contribution in [0.25, 0.3) is 0 Å². The van der Waals surface area contributed by atoms with Gasteiger partial charge in [0.25, 0.3) is 0 Å². The van der Waals surface area contributed by atoms with E-state index < -0.39 is 0 Å². The van der Waals surface area contributed by atoms with Crippen LogP contribution in [0, 0.1) is 25.7 Å². The van der Waals surface area contributed by atoms with E-state index in [2.05, 4.69) is 26.1 Å². The molecule has 4 nitrogen and oxygen atoms in total. The van der Waals surface area contributed by atoms with Crippen LogP contribution in [-0.2, 0) is 11.2 Å². The van der Waals surface area contributed by atoms with Gasteiger partial charge in [0.15, 0.2) is 5.78 Å². The van der Waals surface area contributed by atoms with Gasteiger partial charge in [-0.1, -0.05) is 77.1 Å². The molecule has 4 heteroatoms. The molecule has 182 valence electrons. The summed E-state index contributed by atoms with van der Waals surface area (Å²) in [5.74, 6) is 3.03. The van der Waals surface area contributed by atoms with Crippen molar-refractivity contribution >= 4 is 17.9 Å². The van der Waals surface area contributed by atoms with E-state index in [0.29, 0.717) is 6.41 Å². The molecular weight excluding hydrogens is 410 g/mol. The highest BCUT2D eigenvalue weighted by Gasteiger charge is 2.15. The van der Waals surface area contributed by atoms with E-state index in [1.807, 2.05) is 44.2 Å². The van der Waals surface area contributed by atoms with Crippen LogP contribution in [0.4, 0.5) is 5.69 Å². The van der Waals surface area contributed by atoms with Crippen molar-refractivity contribution in [3.63, 3.8) is 0 Å². The zero-order chi connectivity index (χ0) is 24.8. The Kier molecular flexibility index (Phi) is 13.1. The van der Waals surface area contributed by atoms with E-state index in [1.165, 1.54) is 43.2 Å². The van der Waals surface area contributed by atoms with E-state index in [9.17, 15) is 9.59 Å². The Labute approximate surface area is 201 Å². The number of hydrogen-bond donors (Lipinski definition) is 1. The summed E-state index contributed by atoms with van der Waals surface area (Å²) in [5, 5.41) is 2.55. The molecule has 1 fully saturated rings. The number of carbonyl (C=O) groups excluding carboxylic acids is 2. The lowest BCUT2D eigenvalue weighted by Crippen LogP contribution is -2.10. The van der Waals surface area contributed by atoms with E-state index >= 15 is 0 Å². The first-order valence-electron chi connectivity index (χ1n) is 12.2. The molecule has 3 rings (SSSR count). The number of rotatable bonds is 6. The molecule has 1 amide bonds. The number of ether oxygens (including phenoxy) is 1. The average Bonchev–Trinajstić information content (AvgIpc) is 2.81. The number of carbonyl (C=O) groups is 2. The minimum Gasteiger partial charge on any atom is -0.496 e. The second kappa shape index (κ2) is 15.3. The highest BCUT2D eigenvalue weighted by molar-refractivity contribution is 5.95. The summed E-state index contributed by atoms with van der Waals surface area (Å²) in [5.41, 5.74) is 5.06. The number of amides is 1. The molecule has 0 saturated heterocycles. The van der Waals surface area contributed by atoms with Crippen molar-refractivity contribution in [3.05, 3.63) is 58.7 Å². The van der Waals surface area contributed by atoms with Gasteiger partial charge in [0.05, 0.1) is 7.11 Å². The lowest BCUT2D eigenvalue weighted by atomic mass is 9.82. The molecule has 0 bridgehead atoms. The number of Topliss-reactive ketones (excluding diaryl/α,β-unsaturated/α-hetero) is 1. The summed E-state index contributed by atoms with van der Waals surface area (Å²) in [6, 6.07) is 11.4. The van der Waals surface area contributed by atoms with Crippen LogP contribution in [0.3, 0.4) is 0 Å². The second-order valence-electron chi connectivity index (χ2n) is 8.99. The number of hydrogen-bond acceptors (Lipinski definition) is 3. The van der Waals surface area contributed by atoms with Crippen molar-refractivity contribution in [3.8, 4) is 5.75 Å². The molecule has 0 radical (unpaired) electrons. The van der Waals surface area contributed by atoms with Crippen LogP contribution in [0.5, 0.6) is 5.75 Å². The maximum Gasteiger partial charge on any atom is 0.211 e. The van der Waals surface area contributed by atoms with Gasteiger partial charge < -0.3 is 10.1 Å². The van der Waals surface area contributed by atoms with Gasteiger partial charge in [-0.05, 0) is 61.8 Å². The van der Waals surface area contributed by atoms with Crippen molar-refractivity contribution in [1.82, 2.24) is 0 Å². The van der Waals surface area contributed by atoms with E-state index in [-0.39, 0.29) is 5.78 Å². The van der Waals surface area contributed by atoms with E-state index in [0.717, 1.165) is 40.8 Å². The fourth-order valence-corrected chi connectivity index (χ4v) is 4.22. The SMILES string of the molecule is CCC1CCC(C)CC1.CCc1c(C)cccc1C(C)=O.COc1cc(NC=O)ccc1C. The first kappa shape index (κ1) is 28.4. The number of nitrogens with one attached hydrogen (secondary N) is 1. The Bertz CT molecular complexity index is 867. The van der Waals surface area contributed by atoms with Crippen molar-refractivity contribution in [2.45, 2.75) is 80.1 Å². The summed E-state index contributed by atoms with van der Waals surface area (Å²) >= 11 is 0. The highest BCUT2D eigenvalue weighted by Crippen LogP contribution is 2.29. The van der Waals surface area contributed by atoms with E-state index in [4.69, 9.17) is 4.74 Å². The molecule has 2 aromatic carbocycles. The first-order valence-corrected chi connectivity index (χ1v) is 12.2. The standard InChI is InChI=1S/C11H14O.C9H11NO2.C9H18/c1-4-10-8(2)6-5-7-11(10)9(3)12;1-7-3-4-8(10-6-11)5-9(7)12-2;1-3-9-6-4-8(2)5-7-9/h5-7H,4H2,1-3H3;3-6H,1-2H3,(H,10,11);8-9H,3-7H2,1-2H3. The average molecular weight is 454 g/mol. The lowest BCUT2D eigenvalue weighted by molar-refractivity contribution is -0.105. The second-order valence-corrected chi connectivity index (χ2v) is 8.99. The summed E-state index contributed by atoms with van der Waals surface area (Å²) in [7, 11) is 1.60. The molecule has 2 aromatic rings. The molecule has 1 aliphatic rings. The third kappa shape index (κ3) is 9.81. The van der Waals surface area contributed by atoms with Gasteiger partial charge in [-0.2, -0.15) is 0 Å². The predicted octanol–water partition coefficient (Wildman–Crippen LogP) is 7.55. The van der Waals surface area contributed by atoms with Crippen LogP contribution in [-0.4, -0.2) is 19.3 Å². The van der Waals surface area contributed by atoms with Gasteiger partial charge in [0.2, 0.25) is 6.41 Å². The highest BCUT2D eigenvalue weighted by atomic mass is 16.5. The summed E-state index contributed by atoms with van der Waals surface area (Å²) in [6.45, 7) is 12.4. The lowest BCUT2D eigenvalue weighted by Gasteiger charge is -2.24. The van der Waals surface area contributed by atoms with Crippen molar-refractivity contribution < 1.29 is 14.3 Å². The molecule has 1 aliphatic carbocycles. The molecule has 33 heavy (non-hydrogen) atoms. The Morgan fingerprint density at radius 3 is 2.21 bits per heavy atom. The van der Waals surface area contributed by atoms with Crippen molar-refractivity contribution in [2.24, 2.45) is 11.8 Å². The summed E-state index contributed by atoms with van der Waals surface area (Å²) < 4.78 is 5.08. The molecule has 0 atom stereocenters. The van der Waals surface area contributed by atoms with Crippen LogP contribution in [0.15, 0.2) is 36.4 Å². The smallest absolute Gasteiger partial charge is 0.211 e. The Balaban J connectivity index is 0.000000250. The third-order valence-electron chi connectivity index (χ3n) is 6.49. The van der Waals surface area contributed by atoms with Crippen LogP contribution >= 0.6 is 0 Å². The molecule has 1 saturated carbocycles. The molecule has 0 spiro atoms. The normalized spacial score (nSPS) is 16.9. The fraction of sp³-hybridized carbons (Fsp3) is 0.517. The minimum absolute atomic E-state index is 0.163. The van der Waals surface area contributed by atoms with Gasteiger partial charge in [-0.25, -0.2) is 0 Å². The molecule has 1 N–H and O–H groups in total. The van der Waals surface area contributed by atoms with Crippen molar-refractivity contribution in [2.75, 3.05) is 12.4 Å². The molecule has 0 unspecified atom stereocenters. The summed E-state index contributed by atoms with van der Waals surface area (Å²) in [4.78, 5) is 21.3. The number of ketones is 1. The Morgan fingerprint density at radius 2 is 1.73 bits per heavy atom. The zero-order valence-corrected chi connectivity index (χ0v) is 21.7. The predicted molar refractivity (Wildman–Crippen MR) is 139 cm³/mol. The van der Waals surface area contributed by atoms with Crippen LogP contribution < -0.4 is 10.1 Å². The molecule has 0 aromatic heterocycles. The molecule has 0 aliphatic heterocycles. The largest absolute Gasteiger partial charge is 0.496 e. The Morgan fingerprint density at radius 1 is 1.06 bits per heavy atom. The quantitative estimate of drug-likeness (QED) is 0.363. The number of benzene rings is 2. The zero-order valence-electron chi connectivity index (χ0n) is 21.7. The van der Waals surface area contributed by atoms with Crippen LogP contribution in [0.2, 0.25) is 0 Å². The number of methoxy groups -OCH3 is 1. The van der Waals surface area contributed by atoms with E-state index in [1.54, 1.807) is 20.1 Å². The monoisotopic (exact) mass is 453 g/mol. The first-order chi connectivity index (χ1) is 15.8.